The Balaban J connectivity index is 2.81. The molecular weight excluding hydrogens is 347 g/mol. The topological polar surface area (TPSA) is 0 Å². The fraction of sp³-hybridized carbons (Fsp3) is 0.571. The SMILES string of the molecule is CCc1cc(C(C)C)cc(C(C)C)c1B1C(CC(C)(C)C)=CC(C)=C1C=C(C)C. The van der Waals surface area contributed by atoms with Crippen molar-refractivity contribution in [2.24, 2.45) is 5.41 Å². The molecule has 0 nitrogen and oxygen atoms in total. The van der Waals surface area contributed by atoms with Crippen molar-refractivity contribution in [2.45, 2.75) is 101 Å². The van der Waals surface area contributed by atoms with Crippen molar-refractivity contribution in [1.82, 2.24) is 0 Å². The van der Waals surface area contributed by atoms with Gasteiger partial charge < -0.3 is 0 Å². The van der Waals surface area contributed by atoms with E-state index in [-0.39, 0.29) is 5.41 Å². The maximum absolute atomic E-state index is 2.51. The molecule has 0 bridgehead atoms. The molecule has 0 saturated heterocycles. The molecule has 0 unspecified atom stereocenters. The zero-order valence-corrected chi connectivity index (χ0v) is 21.0. The summed E-state index contributed by atoms with van der Waals surface area (Å²) in [6, 6.07) is 5.00. The van der Waals surface area contributed by atoms with Gasteiger partial charge in [0.15, 0.2) is 0 Å². The predicted molar refractivity (Wildman–Crippen MR) is 134 cm³/mol. The Morgan fingerprint density at radius 3 is 2.10 bits per heavy atom. The summed E-state index contributed by atoms with van der Waals surface area (Å²) >= 11 is 0. The van der Waals surface area contributed by atoms with Gasteiger partial charge in [-0.05, 0) is 62.0 Å². The van der Waals surface area contributed by atoms with Crippen LogP contribution in [0.2, 0.25) is 0 Å². The zero-order valence-electron chi connectivity index (χ0n) is 21.0. The van der Waals surface area contributed by atoms with Gasteiger partial charge in [-0.3, -0.25) is 0 Å². The normalized spacial score (nSPS) is 14.9. The van der Waals surface area contributed by atoms with Crippen molar-refractivity contribution in [3.63, 3.8) is 0 Å². The molecule has 0 aliphatic carbocycles. The summed E-state index contributed by atoms with van der Waals surface area (Å²) in [6.07, 6.45) is 7.16. The van der Waals surface area contributed by atoms with E-state index in [1.807, 2.05) is 0 Å². The molecule has 0 N–H and O–H groups in total. The van der Waals surface area contributed by atoms with Gasteiger partial charge in [0.2, 0.25) is 6.71 Å². The average Bonchev–Trinajstić information content (AvgIpc) is 2.85. The molecule has 29 heavy (non-hydrogen) atoms. The van der Waals surface area contributed by atoms with E-state index >= 15 is 0 Å². The average molecular weight is 390 g/mol. The lowest BCUT2D eigenvalue weighted by atomic mass is 9.34. The van der Waals surface area contributed by atoms with Crippen LogP contribution in [-0.2, 0) is 6.42 Å². The first-order valence-electron chi connectivity index (χ1n) is 11.6. The van der Waals surface area contributed by atoms with Gasteiger partial charge >= 0.3 is 0 Å². The highest BCUT2D eigenvalue weighted by atomic mass is 14.2. The number of hydrogen-bond donors (Lipinski definition) is 0. The Bertz CT molecular complexity index is 834. The molecule has 1 heterocycles. The summed E-state index contributed by atoms with van der Waals surface area (Å²) in [5, 5.41) is 0. The van der Waals surface area contributed by atoms with E-state index < -0.39 is 0 Å². The van der Waals surface area contributed by atoms with E-state index in [2.05, 4.69) is 100 Å². The van der Waals surface area contributed by atoms with Crippen LogP contribution in [0, 0.1) is 5.41 Å². The molecule has 0 fully saturated rings. The van der Waals surface area contributed by atoms with Gasteiger partial charge in [0.25, 0.3) is 0 Å². The lowest BCUT2D eigenvalue weighted by Crippen LogP contribution is -2.40. The van der Waals surface area contributed by atoms with Crippen LogP contribution in [-0.4, -0.2) is 6.71 Å². The fourth-order valence-electron chi connectivity index (χ4n) is 4.71. The molecule has 0 atom stereocenters. The number of rotatable bonds is 6. The minimum atomic E-state index is 0.285. The number of aryl methyl sites for hydroxylation is 1. The van der Waals surface area contributed by atoms with Gasteiger partial charge in [0.05, 0.1) is 0 Å². The molecule has 0 amide bonds. The summed E-state index contributed by atoms with van der Waals surface area (Å²) in [5.74, 6) is 1.09. The molecule has 0 aromatic heterocycles. The highest BCUT2D eigenvalue weighted by Crippen LogP contribution is 2.36. The van der Waals surface area contributed by atoms with Crippen molar-refractivity contribution in [1.29, 1.82) is 0 Å². The van der Waals surface area contributed by atoms with Crippen LogP contribution in [0.15, 0.2) is 46.4 Å². The predicted octanol–water partition coefficient (Wildman–Crippen LogP) is 7.93. The number of allylic oxidation sites excluding steroid dienone is 6. The van der Waals surface area contributed by atoms with E-state index in [1.54, 1.807) is 22.1 Å². The second-order valence-electron chi connectivity index (χ2n) is 11.1. The molecule has 0 saturated carbocycles. The molecule has 0 spiro atoms. The van der Waals surface area contributed by atoms with Gasteiger partial charge in [0.1, 0.15) is 0 Å². The molecule has 1 aliphatic rings. The maximum Gasteiger partial charge on any atom is 0.238 e. The Morgan fingerprint density at radius 1 is 1.03 bits per heavy atom. The van der Waals surface area contributed by atoms with Crippen LogP contribution in [0.4, 0.5) is 0 Å². The smallest absolute Gasteiger partial charge is 0.0900 e. The van der Waals surface area contributed by atoms with Crippen molar-refractivity contribution in [3.05, 3.63) is 63.1 Å². The standard InChI is InChI=1S/C28H43B/c1-12-22-15-23(19(4)5)16-25(20(6)7)27(22)29-24(17-28(9,10)11)14-21(8)26(29)13-18(2)3/h13-16,19-20H,12,17H2,1-11H3. The van der Waals surface area contributed by atoms with Gasteiger partial charge in [-0.25, -0.2) is 0 Å². The zero-order chi connectivity index (χ0) is 22.1. The minimum Gasteiger partial charge on any atom is -0.0900 e. The van der Waals surface area contributed by atoms with Crippen LogP contribution >= 0.6 is 0 Å². The summed E-state index contributed by atoms with van der Waals surface area (Å²) < 4.78 is 0. The van der Waals surface area contributed by atoms with Gasteiger partial charge in [-0.2, -0.15) is 0 Å². The second kappa shape index (κ2) is 9.11. The highest BCUT2D eigenvalue weighted by molar-refractivity contribution is 6.88. The van der Waals surface area contributed by atoms with Gasteiger partial charge in [-0.15, -0.1) is 0 Å². The Morgan fingerprint density at radius 2 is 1.66 bits per heavy atom. The van der Waals surface area contributed by atoms with Gasteiger partial charge in [-0.1, -0.05) is 113 Å². The highest BCUT2D eigenvalue weighted by Gasteiger charge is 2.36. The largest absolute Gasteiger partial charge is 0.238 e. The van der Waals surface area contributed by atoms with Crippen LogP contribution in [0.1, 0.15) is 111 Å². The lowest BCUT2D eigenvalue weighted by molar-refractivity contribution is 0.416. The van der Waals surface area contributed by atoms with E-state index in [0.717, 1.165) is 12.8 Å². The van der Waals surface area contributed by atoms with Crippen molar-refractivity contribution in [2.75, 3.05) is 0 Å². The molecule has 1 heteroatoms. The van der Waals surface area contributed by atoms with Crippen molar-refractivity contribution >= 4 is 12.2 Å². The first kappa shape index (κ1) is 23.8. The van der Waals surface area contributed by atoms with Crippen molar-refractivity contribution < 1.29 is 0 Å². The Labute approximate surface area is 181 Å². The molecule has 1 aromatic carbocycles. The third-order valence-corrected chi connectivity index (χ3v) is 6.00. The third kappa shape index (κ3) is 5.56. The Hall–Kier alpha value is -1.50. The van der Waals surface area contributed by atoms with Crippen LogP contribution < -0.4 is 5.46 Å². The van der Waals surface area contributed by atoms with Gasteiger partial charge in [0, 0.05) is 0 Å². The molecule has 1 aliphatic heterocycles. The summed E-state index contributed by atoms with van der Waals surface area (Å²) in [7, 11) is 0. The Kier molecular flexibility index (Phi) is 7.47. The van der Waals surface area contributed by atoms with E-state index in [4.69, 9.17) is 0 Å². The molecule has 1 aromatic rings. The summed E-state index contributed by atoms with van der Waals surface area (Å²) in [6.45, 7) is 25.9. The van der Waals surface area contributed by atoms with E-state index in [9.17, 15) is 0 Å². The first-order valence-corrected chi connectivity index (χ1v) is 11.6. The monoisotopic (exact) mass is 390 g/mol. The van der Waals surface area contributed by atoms with Crippen LogP contribution in [0.25, 0.3) is 0 Å². The first-order chi connectivity index (χ1) is 13.4. The van der Waals surface area contributed by atoms with E-state index in [0.29, 0.717) is 18.5 Å². The molecule has 0 radical (unpaired) electrons. The van der Waals surface area contributed by atoms with E-state index in [1.165, 1.54) is 22.2 Å². The maximum atomic E-state index is 2.51. The summed E-state index contributed by atoms with van der Waals surface area (Å²) in [4.78, 5) is 0. The number of hydrogen-bond acceptors (Lipinski definition) is 0. The third-order valence-electron chi connectivity index (χ3n) is 6.00. The second-order valence-corrected chi connectivity index (χ2v) is 11.1. The minimum absolute atomic E-state index is 0.285. The molecule has 2 rings (SSSR count). The lowest BCUT2D eigenvalue weighted by Gasteiger charge is -2.28. The van der Waals surface area contributed by atoms with Crippen LogP contribution in [0.3, 0.4) is 0 Å². The molecule has 158 valence electrons. The van der Waals surface area contributed by atoms with Crippen LogP contribution in [0.5, 0.6) is 0 Å². The molecular formula is C28H43B. The quantitative estimate of drug-likeness (QED) is 0.433. The summed E-state index contributed by atoms with van der Waals surface area (Å²) in [5.41, 5.74) is 12.4. The van der Waals surface area contributed by atoms with Crippen molar-refractivity contribution in [3.8, 4) is 0 Å². The fourth-order valence-corrected chi connectivity index (χ4v) is 4.71. The number of benzene rings is 1.